The predicted octanol–water partition coefficient (Wildman–Crippen LogP) is 3.27. The van der Waals surface area contributed by atoms with Crippen LogP contribution in [0, 0.1) is 11.8 Å². The summed E-state index contributed by atoms with van der Waals surface area (Å²) >= 11 is 0. The van der Waals surface area contributed by atoms with Crippen molar-refractivity contribution in [2.45, 2.75) is 58.2 Å². The van der Waals surface area contributed by atoms with Crippen molar-refractivity contribution in [3.05, 3.63) is 24.2 Å². The normalized spacial score (nSPS) is 26.2. The lowest BCUT2D eigenvalue weighted by molar-refractivity contribution is 0.0430. The van der Waals surface area contributed by atoms with Gasteiger partial charge in [-0.1, -0.05) is 13.8 Å². The molecule has 1 aromatic rings. The largest absolute Gasteiger partial charge is 0.468 e. The number of nitrogens with one attached hydrogen (secondary N) is 1. The van der Waals surface area contributed by atoms with Gasteiger partial charge in [0.05, 0.1) is 12.8 Å². The monoisotopic (exact) mass is 276 g/mol. The summed E-state index contributed by atoms with van der Waals surface area (Å²) in [6.45, 7) is 7.88. The summed E-state index contributed by atoms with van der Waals surface area (Å²) in [5, 5.41) is 3.64. The summed E-state index contributed by atoms with van der Waals surface area (Å²) in [4.78, 5) is 2.71. The van der Waals surface area contributed by atoms with Gasteiger partial charge in [-0.2, -0.15) is 0 Å². The first-order valence-electron chi connectivity index (χ1n) is 8.23. The molecule has 0 aromatic carbocycles. The Hall–Kier alpha value is -0.800. The molecular weight excluding hydrogens is 248 g/mol. The maximum Gasteiger partial charge on any atom is 0.117 e. The van der Waals surface area contributed by atoms with Crippen molar-refractivity contribution >= 4 is 0 Å². The van der Waals surface area contributed by atoms with Crippen molar-refractivity contribution < 1.29 is 4.42 Å². The van der Waals surface area contributed by atoms with Crippen LogP contribution in [0.4, 0.5) is 0 Å². The van der Waals surface area contributed by atoms with E-state index in [1.54, 1.807) is 6.26 Å². The lowest BCUT2D eigenvalue weighted by Gasteiger charge is -2.44. The zero-order valence-electron chi connectivity index (χ0n) is 12.8. The highest BCUT2D eigenvalue weighted by Crippen LogP contribution is 2.39. The van der Waals surface area contributed by atoms with Gasteiger partial charge >= 0.3 is 0 Å². The molecule has 2 atom stereocenters. The zero-order valence-corrected chi connectivity index (χ0v) is 12.8. The lowest BCUT2D eigenvalue weighted by Crippen LogP contribution is -2.51. The predicted molar refractivity (Wildman–Crippen MR) is 81.5 cm³/mol. The Morgan fingerprint density at radius 1 is 1.30 bits per heavy atom. The van der Waals surface area contributed by atoms with Gasteiger partial charge in [-0.15, -0.1) is 0 Å². The van der Waals surface area contributed by atoms with E-state index >= 15 is 0 Å². The molecule has 2 fully saturated rings. The van der Waals surface area contributed by atoms with E-state index in [0.29, 0.717) is 0 Å². The third kappa shape index (κ3) is 3.44. The molecule has 3 heteroatoms. The fourth-order valence-corrected chi connectivity index (χ4v) is 3.29. The minimum atomic E-state index is 0.746. The third-order valence-corrected chi connectivity index (χ3v) is 4.70. The van der Waals surface area contributed by atoms with Crippen LogP contribution in [0.1, 0.15) is 45.3 Å². The van der Waals surface area contributed by atoms with Crippen LogP contribution in [-0.4, -0.2) is 30.1 Å². The Balaban J connectivity index is 1.52. The second-order valence-corrected chi connectivity index (χ2v) is 6.94. The van der Waals surface area contributed by atoms with E-state index in [0.717, 1.165) is 42.8 Å². The topological polar surface area (TPSA) is 28.4 Å². The quantitative estimate of drug-likeness (QED) is 0.790. The number of nitrogens with zero attached hydrogens (tertiary/aromatic N) is 1. The van der Waals surface area contributed by atoms with Gasteiger partial charge in [-0.25, -0.2) is 0 Å². The SMILES string of the molecule is CC(C)CNCC1CCC1N(Cc1ccco1)C1CC1. The molecule has 20 heavy (non-hydrogen) atoms. The number of rotatable bonds is 8. The van der Waals surface area contributed by atoms with E-state index < -0.39 is 0 Å². The second kappa shape index (κ2) is 6.31. The summed E-state index contributed by atoms with van der Waals surface area (Å²) in [6, 6.07) is 5.70. The summed E-state index contributed by atoms with van der Waals surface area (Å²) < 4.78 is 5.55. The first kappa shape index (κ1) is 14.2. The van der Waals surface area contributed by atoms with E-state index in [9.17, 15) is 0 Å². The molecule has 2 aliphatic rings. The van der Waals surface area contributed by atoms with E-state index in [1.165, 1.54) is 32.2 Å². The molecular formula is C17H28N2O. The van der Waals surface area contributed by atoms with Crippen molar-refractivity contribution in [2.75, 3.05) is 13.1 Å². The Bertz CT molecular complexity index is 397. The number of furan rings is 1. The van der Waals surface area contributed by atoms with Crippen LogP contribution in [0.2, 0.25) is 0 Å². The summed E-state index contributed by atoms with van der Waals surface area (Å²) in [7, 11) is 0. The van der Waals surface area contributed by atoms with Crippen LogP contribution in [0.5, 0.6) is 0 Å². The Kier molecular flexibility index (Phi) is 4.47. The first-order chi connectivity index (χ1) is 9.74. The molecule has 2 saturated carbocycles. The molecule has 3 rings (SSSR count). The highest BCUT2D eigenvalue weighted by Gasteiger charge is 2.41. The fraction of sp³-hybridized carbons (Fsp3) is 0.765. The van der Waals surface area contributed by atoms with Gasteiger partial charge in [0, 0.05) is 12.1 Å². The second-order valence-electron chi connectivity index (χ2n) is 6.94. The molecule has 0 aliphatic heterocycles. The van der Waals surface area contributed by atoms with Crippen LogP contribution < -0.4 is 5.32 Å². The van der Waals surface area contributed by atoms with Gasteiger partial charge in [0.2, 0.25) is 0 Å². The average molecular weight is 276 g/mol. The molecule has 1 heterocycles. The van der Waals surface area contributed by atoms with Crippen molar-refractivity contribution in [2.24, 2.45) is 11.8 Å². The van der Waals surface area contributed by atoms with E-state index in [1.807, 2.05) is 6.07 Å². The van der Waals surface area contributed by atoms with Crippen LogP contribution in [0.15, 0.2) is 22.8 Å². The van der Waals surface area contributed by atoms with Gasteiger partial charge in [0.1, 0.15) is 5.76 Å². The van der Waals surface area contributed by atoms with Gasteiger partial charge in [-0.05, 0) is 62.7 Å². The Labute approximate surface area is 122 Å². The zero-order chi connectivity index (χ0) is 13.9. The highest BCUT2D eigenvalue weighted by atomic mass is 16.3. The van der Waals surface area contributed by atoms with Crippen molar-refractivity contribution in [1.82, 2.24) is 10.2 Å². The van der Waals surface area contributed by atoms with Crippen molar-refractivity contribution in [1.29, 1.82) is 0 Å². The highest BCUT2D eigenvalue weighted by molar-refractivity contribution is 5.03. The van der Waals surface area contributed by atoms with Crippen molar-refractivity contribution in [3.63, 3.8) is 0 Å². The molecule has 1 N–H and O–H groups in total. The Morgan fingerprint density at radius 2 is 2.15 bits per heavy atom. The number of hydrogen-bond acceptors (Lipinski definition) is 3. The fourth-order valence-electron chi connectivity index (χ4n) is 3.29. The molecule has 2 aliphatic carbocycles. The molecule has 1 aromatic heterocycles. The van der Waals surface area contributed by atoms with E-state index in [4.69, 9.17) is 4.42 Å². The molecule has 0 radical (unpaired) electrons. The molecule has 0 saturated heterocycles. The van der Waals surface area contributed by atoms with Crippen LogP contribution in [0.3, 0.4) is 0 Å². The van der Waals surface area contributed by atoms with Crippen LogP contribution in [-0.2, 0) is 6.54 Å². The molecule has 112 valence electrons. The van der Waals surface area contributed by atoms with Gasteiger partial charge in [0.25, 0.3) is 0 Å². The van der Waals surface area contributed by atoms with Crippen molar-refractivity contribution in [3.8, 4) is 0 Å². The molecule has 0 bridgehead atoms. The summed E-state index contributed by atoms with van der Waals surface area (Å²) in [5.41, 5.74) is 0. The Morgan fingerprint density at radius 3 is 2.70 bits per heavy atom. The van der Waals surface area contributed by atoms with Gasteiger partial charge < -0.3 is 9.73 Å². The minimum absolute atomic E-state index is 0.746. The standard InChI is InChI=1S/C17H28N2O/c1-13(2)10-18-11-14-5-8-17(14)19(15-6-7-15)12-16-4-3-9-20-16/h3-4,9,13-15,17-18H,5-8,10-12H2,1-2H3. The van der Waals surface area contributed by atoms with Crippen LogP contribution >= 0.6 is 0 Å². The summed E-state index contributed by atoms with van der Waals surface area (Å²) in [5.74, 6) is 2.71. The average Bonchev–Trinajstić information content (AvgIpc) is 3.11. The molecule has 2 unspecified atom stereocenters. The van der Waals surface area contributed by atoms with Gasteiger partial charge in [0.15, 0.2) is 0 Å². The third-order valence-electron chi connectivity index (χ3n) is 4.70. The summed E-state index contributed by atoms with van der Waals surface area (Å²) in [6.07, 6.45) is 7.30. The first-order valence-corrected chi connectivity index (χ1v) is 8.23. The molecule has 0 amide bonds. The maximum atomic E-state index is 5.55. The molecule has 0 spiro atoms. The maximum absolute atomic E-state index is 5.55. The van der Waals surface area contributed by atoms with Crippen LogP contribution in [0.25, 0.3) is 0 Å². The molecule has 3 nitrogen and oxygen atoms in total. The van der Waals surface area contributed by atoms with E-state index in [-0.39, 0.29) is 0 Å². The minimum Gasteiger partial charge on any atom is -0.468 e. The lowest BCUT2D eigenvalue weighted by atomic mass is 9.78. The van der Waals surface area contributed by atoms with E-state index in [2.05, 4.69) is 30.1 Å². The number of hydrogen-bond donors (Lipinski definition) is 1. The van der Waals surface area contributed by atoms with Gasteiger partial charge in [-0.3, -0.25) is 4.90 Å². The smallest absolute Gasteiger partial charge is 0.117 e.